The number of halogens is 2. The second-order valence-corrected chi connectivity index (χ2v) is 22.6. The smallest absolute Gasteiger partial charge is 0.131 e. The van der Waals surface area contributed by atoms with Crippen LogP contribution in [0.4, 0.5) is 8.78 Å². The molecule has 0 amide bonds. The Morgan fingerprint density at radius 1 is 0.347 bits per heavy atom. The van der Waals surface area contributed by atoms with Crippen molar-refractivity contribution in [2.45, 2.75) is 76.0 Å². The molecule has 0 atom stereocenters. The summed E-state index contributed by atoms with van der Waals surface area (Å²) >= 11 is 3.73. The van der Waals surface area contributed by atoms with Gasteiger partial charge in [-0.3, -0.25) is 0 Å². The van der Waals surface area contributed by atoms with Gasteiger partial charge in [-0.25, -0.2) is 8.78 Å². The van der Waals surface area contributed by atoms with Gasteiger partial charge in [0.05, 0.1) is 33.4 Å². The lowest BCUT2D eigenvalue weighted by molar-refractivity contribution is 0.439. The van der Waals surface area contributed by atoms with Gasteiger partial charge in [0.1, 0.15) is 11.6 Å². The van der Waals surface area contributed by atoms with Crippen LogP contribution in [0.2, 0.25) is 0 Å². The van der Waals surface area contributed by atoms with Crippen molar-refractivity contribution in [3.8, 4) is 33.6 Å². The van der Waals surface area contributed by atoms with Gasteiger partial charge in [-0.2, -0.15) is 0 Å². The highest BCUT2D eigenvalue weighted by Gasteiger charge is 2.38. The van der Waals surface area contributed by atoms with E-state index >= 15 is 8.78 Å². The molecule has 0 unspecified atom stereocenters. The lowest BCUT2D eigenvalue weighted by atomic mass is 9.72. The van der Waals surface area contributed by atoms with Crippen LogP contribution in [-0.4, -0.2) is 9.13 Å². The molecule has 0 N–H and O–H groups in total. The maximum absolute atomic E-state index is 17.7. The van der Waals surface area contributed by atoms with E-state index in [2.05, 4.69) is 130 Å². The Morgan fingerprint density at radius 2 is 0.736 bits per heavy atom. The third-order valence-electron chi connectivity index (χ3n) is 16.6. The molecule has 2 aliphatic rings. The molecule has 13 aromatic rings. The third kappa shape index (κ3) is 6.21. The number of fused-ring (bicyclic) bond motifs is 14. The van der Waals surface area contributed by atoms with Gasteiger partial charge in [0.25, 0.3) is 0 Å². The van der Waals surface area contributed by atoms with Crippen molar-refractivity contribution >= 4 is 107 Å². The molecule has 2 aliphatic carbocycles. The molecule has 350 valence electrons. The molecule has 4 heterocycles. The first-order chi connectivity index (χ1) is 35.6. The molecular formula is C66H50F2N2S2. The Bertz CT molecular complexity index is 4080. The highest BCUT2D eigenvalue weighted by molar-refractivity contribution is 7.27. The van der Waals surface area contributed by atoms with Crippen LogP contribution >= 0.6 is 22.7 Å². The van der Waals surface area contributed by atoms with Gasteiger partial charge in [-0.15, -0.1) is 22.7 Å². The van der Waals surface area contributed by atoms with E-state index < -0.39 is 0 Å². The first-order valence-corrected chi connectivity index (χ1v) is 27.7. The summed E-state index contributed by atoms with van der Waals surface area (Å²) < 4.78 is 45.6. The van der Waals surface area contributed by atoms with Crippen molar-refractivity contribution in [1.82, 2.24) is 9.13 Å². The molecule has 2 nitrogen and oxygen atoms in total. The van der Waals surface area contributed by atoms with Crippen LogP contribution in [0.1, 0.15) is 87.2 Å². The maximum atomic E-state index is 17.7. The van der Waals surface area contributed by atoms with E-state index in [1.165, 1.54) is 73.9 Å². The summed E-state index contributed by atoms with van der Waals surface area (Å²) in [4.78, 5) is 0. The van der Waals surface area contributed by atoms with E-state index in [0.717, 1.165) is 108 Å². The summed E-state index contributed by atoms with van der Waals surface area (Å²) in [5, 5.41) is 9.85. The highest BCUT2D eigenvalue weighted by atomic mass is 32.1. The first kappa shape index (κ1) is 42.6. The molecule has 0 radical (unpaired) electrons. The predicted octanol–water partition coefficient (Wildman–Crippen LogP) is 20.3. The number of aromatic nitrogens is 2. The second kappa shape index (κ2) is 16.7. The van der Waals surface area contributed by atoms with Crippen LogP contribution < -0.4 is 0 Å². The Labute approximate surface area is 424 Å². The number of hydrogen-bond donors (Lipinski definition) is 0. The van der Waals surface area contributed by atoms with Crippen molar-refractivity contribution in [3.63, 3.8) is 0 Å². The number of rotatable bonds is 6. The molecule has 2 saturated carbocycles. The Morgan fingerprint density at radius 3 is 1.19 bits per heavy atom. The van der Waals surface area contributed by atoms with Crippen LogP contribution in [-0.2, 0) is 0 Å². The van der Waals surface area contributed by atoms with Crippen LogP contribution in [0.3, 0.4) is 0 Å². The van der Waals surface area contributed by atoms with Crippen LogP contribution in [0.15, 0.2) is 170 Å². The van der Waals surface area contributed by atoms with Crippen LogP contribution in [0.5, 0.6) is 0 Å². The molecule has 15 rings (SSSR count). The summed E-state index contributed by atoms with van der Waals surface area (Å²) in [6.45, 7) is 0. The second-order valence-electron chi connectivity index (χ2n) is 20.5. The summed E-state index contributed by atoms with van der Waals surface area (Å²) in [5.74, 6) is -0.372. The van der Waals surface area contributed by atoms with E-state index in [-0.39, 0.29) is 23.5 Å². The number of thiophene rings is 2. The normalized spacial score (nSPS) is 15.2. The lowest BCUT2D eigenvalue weighted by Crippen LogP contribution is -2.20. The summed E-state index contributed by atoms with van der Waals surface area (Å²) in [6.07, 6.45) is 10.4. The minimum Gasteiger partial charge on any atom is -0.308 e. The average molecular weight is 973 g/mol. The lowest BCUT2D eigenvalue weighted by Gasteiger charge is -2.37. The van der Waals surface area contributed by atoms with E-state index in [9.17, 15) is 0 Å². The van der Waals surface area contributed by atoms with E-state index in [1.54, 1.807) is 12.1 Å². The fourth-order valence-corrected chi connectivity index (χ4v) is 16.1. The number of hydrogen-bond acceptors (Lipinski definition) is 2. The van der Waals surface area contributed by atoms with Gasteiger partial charge in [0.2, 0.25) is 0 Å². The summed E-state index contributed by atoms with van der Waals surface area (Å²) in [6, 6.07) is 59.6. The Kier molecular flexibility index (Phi) is 9.89. The van der Waals surface area contributed by atoms with Crippen molar-refractivity contribution in [1.29, 1.82) is 0 Å². The number of nitrogens with zero attached hydrogens (tertiary/aromatic N) is 2. The van der Waals surface area contributed by atoms with Crippen molar-refractivity contribution in [3.05, 3.63) is 193 Å². The fraction of sp³-hybridized carbons (Fsp3) is 0.182. The van der Waals surface area contributed by atoms with E-state index in [0.29, 0.717) is 11.1 Å². The van der Waals surface area contributed by atoms with Crippen molar-refractivity contribution < 1.29 is 8.78 Å². The minimum absolute atomic E-state index is 0.0469. The maximum Gasteiger partial charge on any atom is 0.131 e. The topological polar surface area (TPSA) is 9.86 Å². The Balaban J connectivity index is 1.24. The molecule has 0 bridgehead atoms. The summed E-state index contributed by atoms with van der Waals surface area (Å²) in [5.41, 5.74) is 11.7. The van der Waals surface area contributed by atoms with Gasteiger partial charge in [-0.1, -0.05) is 160 Å². The zero-order chi connectivity index (χ0) is 47.6. The Hall–Kier alpha value is -7.12. The highest BCUT2D eigenvalue weighted by Crippen LogP contribution is 2.57. The zero-order valence-corrected chi connectivity index (χ0v) is 41.5. The monoisotopic (exact) mass is 972 g/mol. The first-order valence-electron chi connectivity index (χ1n) is 26.0. The standard InChI is InChI=1S/C66H50F2N2S2/c67-49-29-13-7-25-45(49)61-57(39-19-3-1-4-20-39)62(46-26-8-14-30-50(46)68)64(70-52-32-16-10-28-48(52)60-54(70)38-36-44-42-24-12-18-34-56(42)72-66(44)60)58(40-21-5-2-6-22-40)63(61)69-51-31-15-9-27-47(51)59-53(69)37-35-43-41-23-11-17-33-55(41)71-65(43)59/h7-18,23-40H,1-6,19-22H2. The summed E-state index contributed by atoms with van der Waals surface area (Å²) in [7, 11) is 0. The van der Waals surface area contributed by atoms with Gasteiger partial charge in [0.15, 0.2) is 0 Å². The molecule has 6 heteroatoms. The fourth-order valence-electron chi connectivity index (χ4n) is 13.6. The van der Waals surface area contributed by atoms with Crippen LogP contribution in [0.25, 0.3) is 118 Å². The predicted molar refractivity (Wildman–Crippen MR) is 303 cm³/mol. The number of benzene rings is 9. The van der Waals surface area contributed by atoms with Gasteiger partial charge < -0.3 is 9.13 Å². The molecule has 9 aromatic carbocycles. The third-order valence-corrected chi connectivity index (χ3v) is 19.1. The van der Waals surface area contributed by atoms with Crippen LogP contribution in [0, 0.1) is 11.6 Å². The van der Waals surface area contributed by atoms with Gasteiger partial charge in [0, 0.05) is 89.7 Å². The van der Waals surface area contributed by atoms with Gasteiger partial charge >= 0.3 is 0 Å². The molecule has 2 fully saturated rings. The number of para-hydroxylation sites is 2. The minimum atomic E-state index is -0.255. The molecule has 0 spiro atoms. The molecular weight excluding hydrogens is 923 g/mol. The largest absolute Gasteiger partial charge is 0.308 e. The molecule has 4 aromatic heterocycles. The SMILES string of the molecule is Fc1ccccc1-c1c(C2CCCCC2)c(-c2ccccc2F)c(-n2c3ccccc3c3c4sc5ccccc5c4ccc32)c(C2CCCCC2)c1-n1c2ccccc2c2c3sc4ccccc4c3ccc21. The van der Waals surface area contributed by atoms with E-state index in [4.69, 9.17) is 0 Å². The zero-order valence-electron chi connectivity index (χ0n) is 39.9. The van der Waals surface area contributed by atoms with Crippen molar-refractivity contribution in [2.24, 2.45) is 0 Å². The quantitative estimate of drug-likeness (QED) is 0.157. The van der Waals surface area contributed by atoms with Crippen molar-refractivity contribution in [2.75, 3.05) is 0 Å². The van der Waals surface area contributed by atoms with E-state index in [1.807, 2.05) is 59.1 Å². The van der Waals surface area contributed by atoms with Gasteiger partial charge in [-0.05, 0) is 91.6 Å². The average Bonchev–Trinajstić information content (AvgIpc) is 4.19. The molecule has 0 saturated heterocycles. The molecule has 0 aliphatic heterocycles. The molecule has 72 heavy (non-hydrogen) atoms.